The Bertz CT molecular complexity index is 463. The zero-order chi connectivity index (χ0) is 13.0. The molecule has 104 valence electrons. The Kier molecular flexibility index (Phi) is 5.68. The van der Waals surface area contributed by atoms with Crippen LogP contribution in [0.2, 0.25) is 0 Å². The maximum Gasteiger partial charge on any atom is 0.271 e. The average molecular weight is 288 g/mol. The van der Waals surface area contributed by atoms with Crippen molar-refractivity contribution in [3.63, 3.8) is 0 Å². The summed E-state index contributed by atoms with van der Waals surface area (Å²) >= 11 is 0. The van der Waals surface area contributed by atoms with Gasteiger partial charge < -0.3 is 15.4 Å². The molecule has 19 heavy (non-hydrogen) atoms. The Labute approximate surface area is 115 Å². The van der Waals surface area contributed by atoms with Gasteiger partial charge in [0.2, 0.25) is 0 Å². The van der Waals surface area contributed by atoms with Crippen LogP contribution in [0.5, 0.6) is 0 Å². The number of rotatable bonds is 3. The van der Waals surface area contributed by atoms with Crippen LogP contribution < -0.4 is 10.6 Å². The van der Waals surface area contributed by atoms with Gasteiger partial charge in [-0.1, -0.05) is 6.07 Å². The molecule has 2 rings (SSSR count). The quantitative estimate of drug-likeness (QED) is 0.637. The summed E-state index contributed by atoms with van der Waals surface area (Å²) in [6.45, 7) is 1.65. The predicted octanol–water partition coefficient (Wildman–Crippen LogP) is 0.943. The highest BCUT2D eigenvalue weighted by atomic mass is 35.5. The molecule has 1 aliphatic rings. The maximum absolute atomic E-state index is 11.8. The Balaban J connectivity index is 0.00000180. The standard InChI is InChI=1S/C11H13N3O4.ClH/c15-11(10-7-12-4-5-18-10)13-8-2-1-3-9(6-8)14(16)17;/h1-3,6,10,12H,4-5,7H2,(H,13,15);1H. The second kappa shape index (κ2) is 7.03. The topological polar surface area (TPSA) is 93.5 Å². The van der Waals surface area contributed by atoms with Crippen molar-refractivity contribution in [1.29, 1.82) is 0 Å². The highest BCUT2D eigenvalue weighted by molar-refractivity contribution is 5.94. The van der Waals surface area contributed by atoms with Gasteiger partial charge in [0.1, 0.15) is 6.10 Å². The van der Waals surface area contributed by atoms with Gasteiger partial charge in [0, 0.05) is 30.9 Å². The summed E-state index contributed by atoms with van der Waals surface area (Å²) in [6, 6.07) is 5.80. The van der Waals surface area contributed by atoms with Crippen molar-refractivity contribution in [3.05, 3.63) is 34.4 Å². The van der Waals surface area contributed by atoms with Crippen molar-refractivity contribution >= 4 is 29.7 Å². The molecule has 0 aliphatic carbocycles. The zero-order valence-corrected chi connectivity index (χ0v) is 10.8. The third-order valence-electron chi connectivity index (χ3n) is 2.54. The number of hydrogen-bond acceptors (Lipinski definition) is 5. The third-order valence-corrected chi connectivity index (χ3v) is 2.54. The molecule has 1 fully saturated rings. The Morgan fingerprint density at radius 2 is 2.32 bits per heavy atom. The second-order valence-electron chi connectivity index (χ2n) is 3.86. The van der Waals surface area contributed by atoms with Gasteiger partial charge in [-0.15, -0.1) is 12.4 Å². The number of non-ortho nitro benzene ring substituents is 1. The van der Waals surface area contributed by atoms with E-state index < -0.39 is 11.0 Å². The van der Waals surface area contributed by atoms with Gasteiger partial charge in [-0.05, 0) is 6.07 Å². The van der Waals surface area contributed by atoms with E-state index in [-0.39, 0.29) is 24.0 Å². The molecule has 0 bridgehead atoms. The van der Waals surface area contributed by atoms with Crippen molar-refractivity contribution in [2.75, 3.05) is 25.0 Å². The van der Waals surface area contributed by atoms with Crippen LogP contribution >= 0.6 is 12.4 Å². The van der Waals surface area contributed by atoms with Gasteiger partial charge in [0.15, 0.2) is 0 Å². The first kappa shape index (κ1) is 15.4. The van der Waals surface area contributed by atoms with Gasteiger partial charge in [-0.2, -0.15) is 0 Å². The van der Waals surface area contributed by atoms with Gasteiger partial charge in [0.25, 0.3) is 11.6 Å². The normalized spacial score (nSPS) is 18.2. The Morgan fingerprint density at radius 3 is 2.95 bits per heavy atom. The molecule has 7 nitrogen and oxygen atoms in total. The summed E-state index contributed by atoms with van der Waals surface area (Å²) in [5, 5.41) is 16.2. The molecule has 1 saturated heterocycles. The first-order valence-corrected chi connectivity index (χ1v) is 5.54. The second-order valence-corrected chi connectivity index (χ2v) is 3.86. The molecule has 1 heterocycles. The Hall–Kier alpha value is -1.70. The summed E-state index contributed by atoms with van der Waals surface area (Å²) in [5.74, 6) is -0.303. The fourth-order valence-electron chi connectivity index (χ4n) is 1.65. The summed E-state index contributed by atoms with van der Waals surface area (Å²) in [5.41, 5.74) is 0.332. The van der Waals surface area contributed by atoms with E-state index in [1.165, 1.54) is 18.2 Å². The molecule has 1 aromatic rings. The number of hydrogen-bond donors (Lipinski definition) is 2. The minimum Gasteiger partial charge on any atom is -0.366 e. The van der Waals surface area contributed by atoms with Gasteiger partial charge in [-0.25, -0.2) is 0 Å². The maximum atomic E-state index is 11.8. The average Bonchev–Trinajstić information content (AvgIpc) is 2.40. The predicted molar refractivity (Wildman–Crippen MR) is 71.6 cm³/mol. The zero-order valence-electron chi connectivity index (χ0n) is 10.00. The molecule has 1 atom stereocenters. The minimum absolute atomic E-state index is 0. The number of nitro groups is 1. The summed E-state index contributed by atoms with van der Waals surface area (Å²) in [7, 11) is 0. The number of carbonyl (C=O) groups is 1. The molecule has 1 aromatic carbocycles. The molecule has 2 N–H and O–H groups in total. The molecule has 0 aromatic heterocycles. The van der Waals surface area contributed by atoms with Crippen molar-refractivity contribution in [2.24, 2.45) is 0 Å². The third kappa shape index (κ3) is 4.16. The molecule has 1 aliphatic heterocycles. The van der Waals surface area contributed by atoms with Crippen molar-refractivity contribution < 1.29 is 14.5 Å². The lowest BCUT2D eigenvalue weighted by Gasteiger charge is -2.22. The smallest absolute Gasteiger partial charge is 0.271 e. The fraction of sp³-hybridized carbons (Fsp3) is 0.364. The first-order valence-electron chi connectivity index (χ1n) is 5.54. The van der Waals surface area contributed by atoms with Crippen LogP contribution in [0.1, 0.15) is 0 Å². The lowest BCUT2D eigenvalue weighted by atomic mass is 10.2. The van der Waals surface area contributed by atoms with E-state index in [0.29, 0.717) is 18.8 Å². The van der Waals surface area contributed by atoms with Crippen molar-refractivity contribution in [3.8, 4) is 0 Å². The van der Waals surface area contributed by atoms with E-state index in [9.17, 15) is 14.9 Å². The lowest BCUT2D eigenvalue weighted by molar-refractivity contribution is -0.384. The monoisotopic (exact) mass is 287 g/mol. The lowest BCUT2D eigenvalue weighted by Crippen LogP contribution is -2.45. The molecule has 0 saturated carbocycles. The van der Waals surface area contributed by atoms with Crippen LogP contribution in [-0.4, -0.2) is 36.6 Å². The van der Waals surface area contributed by atoms with Crippen LogP contribution in [0.3, 0.4) is 0 Å². The highest BCUT2D eigenvalue weighted by Crippen LogP contribution is 2.17. The number of ether oxygens (including phenoxy) is 1. The SMILES string of the molecule is Cl.O=C(Nc1cccc([N+](=O)[O-])c1)C1CNCCO1. The number of nitro benzene ring substituents is 1. The summed E-state index contributed by atoms with van der Waals surface area (Å²) in [6.07, 6.45) is -0.557. The van der Waals surface area contributed by atoms with E-state index in [1.54, 1.807) is 6.07 Å². The summed E-state index contributed by atoms with van der Waals surface area (Å²) < 4.78 is 5.28. The Morgan fingerprint density at radius 1 is 1.53 bits per heavy atom. The van der Waals surface area contributed by atoms with Crippen LogP contribution in [0.25, 0.3) is 0 Å². The highest BCUT2D eigenvalue weighted by Gasteiger charge is 2.22. The summed E-state index contributed by atoms with van der Waals surface area (Å²) in [4.78, 5) is 21.9. The van der Waals surface area contributed by atoms with Crippen LogP contribution in [-0.2, 0) is 9.53 Å². The molecular formula is C11H14ClN3O4. The molecule has 1 amide bonds. The van der Waals surface area contributed by atoms with Crippen molar-refractivity contribution in [2.45, 2.75) is 6.10 Å². The minimum atomic E-state index is -0.557. The van der Waals surface area contributed by atoms with Crippen LogP contribution in [0.4, 0.5) is 11.4 Å². The number of nitrogens with zero attached hydrogens (tertiary/aromatic N) is 1. The van der Waals surface area contributed by atoms with Crippen LogP contribution in [0.15, 0.2) is 24.3 Å². The van der Waals surface area contributed by atoms with E-state index in [1.807, 2.05) is 0 Å². The van der Waals surface area contributed by atoms with E-state index >= 15 is 0 Å². The number of anilines is 1. The van der Waals surface area contributed by atoms with E-state index in [4.69, 9.17) is 4.74 Å². The number of morpholine rings is 1. The molecule has 1 unspecified atom stereocenters. The number of carbonyl (C=O) groups excluding carboxylic acids is 1. The first-order chi connectivity index (χ1) is 8.66. The molecular weight excluding hydrogens is 274 g/mol. The van der Waals surface area contributed by atoms with Crippen LogP contribution in [0, 0.1) is 10.1 Å². The van der Waals surface area contributed by atoms with E-state index in [0.717, 1.165) is 6.54 Å². The number of amides is 1. The number of benzene rings is 1. The van der Waals surface area contributed by atoms with Gasteiger partial charge in [-0.3, -0.25) is 14.9 Å². The number of nitrogens with one attached hydrogen (secondary N) is 2. The fourth-order valence-corrected chi connectivity index (χ4v) is 1.65. The number of halogens is 1. The van der Waals surface area contributed by atoms with E-state index in [2.05, 4.69) is 10.6 Å². The molecule has 0 radical (unpaired) electrons. The largest absolute Gasteiger partial charge is 0.366 e. The van der Waals surface area contributed by atoms with Crippen molar-refractivity contribution in [1.82, 2.24) is 5.32 Å². The van der Waals surface area contributed by atoms with Gasteiger partial charge in [0.05, 0.1) is 11.5 Å². The van der Waals surface area contributed by atoms with Gasteiger partial charge >= 0.3 is 0 Å². The molecule has 0 spiro atoms. The molecule has 8 heteroatoms.